The van der Waals surface area contributed by atoms with Crippen molar-refractivity contribution in [2.24, 2.45) is 0 Å². The molecule has 0 aromatic heterocycles. The van der Waals surface area contributed by atoms with E-state index >= 15 is 0 Å². The van der Waals surface area contributed by atoms with Gasteiger partial charge in [0.1, 0.15) is 0 Å². The molecule has 0 bridgehead atoms. The fraction of sp³-hybridized carbons (Fsp3) is 0.500. The van der Waals surface area contributed by atoms with Gasteiger partial charge in [-0.05, 0) is 47.0 Å². The molecular formula is C24H40O9. The molecule has 0 atom stereocenters. The number of aliphatic hydroxyl groups excluding tert-OH is 1. The molecule has 0 aliphatic carbocycles. The molecule has 0 amide bonds. The Bertz CT molecular complexity index is 687. The highest BCUT2D eigenvalue weighted by Gasteiger charge is 1.97. The zero-order valence-electron chi connectivity index (χ0n) is 20.6. The minimum Gasteiger partial charge on any atom is -0.478 e. The number of carboxylic acid groups (broad SMARTS) is 4. The van der Waals surface area contributed by atoms with Crippen LogP contribution in [0, 0.1) is 0 Å². The molecule has 0 aromatic rings. The molecule has 9 nitrogen and oxygen atoms in total. The molecule has 0 aliphatic heterocycles. The smallest absolute Gasteiger partial charge is 0.330 e. The van der Waals surface area contributed by atoms with E-state index in [1.807, 2.05) is 6.92 Å². The van der Waals surface area contributed by atoms with Crippen molar-refractivity contribution in [1.29, 1.82) is 0 Å². The van der Waals surface area contributed by atoms with Crippen LogP contribution in [0.1, 0.15) is 73.6 Å². The first-order valence-corrected chi connectivity index (χ1v) is 10.4. The number of carboxylic acids is 4. The molecule has 33 heavy (non-hydrogen) atoms. The summed E-state index contributed by atoms with van der Waals surface area (Å²) in [5.74, 6) is -3.50. The molecule has 190 valence electrons. The van der Waals surface area contributed by atoms with Crippen LogP contribution in [0.25, 0.3) is 0 Å². The minimum atomic E-state index is -0.935. The van der Waals surface area contributed by atoms with Crippen LogP contribution in [0.3, 0.4) is 0 Å². The third-order valence-electron chi connectivity index (χ3n) is 3.48. The van der Waals surface area contributed by atoms with E-state index in [0.29, 0.717) is 17.6 Å². The zero-order chi connectivity index (χ0) is 27.0. The van der Waals surface area contributed by atoms with Crippen LogP contribution in [0.4, 0.5) is 0 Å². The summed E-state index contributed by atoms with van der Waals surface area (Å²) in [6, 6.07) is 0. The second-order valence-corrected chi connectivity index (χ2v) is 6.73. The predicted octanol–water partition coefficient (Wildman–Crippen LogP) is 4.68. The molecule has 0 heterocycles. The number of aliphatic carboxylic acids is 4. The van der Waals surface area contributed by atoms with Crippen LogP contribution in [-0.4, -0.2) is 56.0 Å². The number of carbonyl (C=O) groups is 4. The quantitative estimate of drug-likeness (QED) is 0.224. The summed E-state index contributed by atoms with van der Waals surface area (Å²) >= 11 is 0. The Hall–Kier alpha value is -3.20. The van der Waals surface area contributed by atoms with Crippen LogP contribution in [-0.2, 0) is 19.2 Å². The van der Waals surface area contributed by atoms with Gasteiger partial charge in [-0.3, -0.25) is 0 Å². The summed E-state index contributed by atoms with van der Waals surface area (Å²) in [4.78, 5) is 39.9. The van der Waals surface area contributed by atoms with Gasteiger partial charge in [0.15, 0.2) is 0 Å². The maximum Gasteiger partial charge on any atom is 0.330 e. The van der Waals surface area contributed by atoms with Crippen LogP contribution in [0.2, 0.25) is 0 Å². The van der Waals surface area contributed by atoms with E-state index in [1.54, 1.807) is 26.0 Å². The lowest BCUT2D eigenvalue weighted by atomic mass is 10.2. The van der Waals surface area contributed by atoms with Crippen molar-refractivity contribution in [3.8, 4) is 0 Å². The first kappa shape index (κ1) is 37.1. The number of aliphatic hydroxyl groups is 1. The lowest BCUT2D eigenvalue weighted by molar-refractivity contribution is -0.133. The highest BCUT2D eigenvalue weighted by atomic mass is 16.4. The van der Waals surface area contributed by atoms with Crippen LogP contribution in [0.15, 0.2) is 47.1 Å². The minimum absolute atomic E-state index is 0.00458. The lowest BCUT2D eigenvalue weighted by Gasteiger charge is -1.91. The van der Waals surface area contributed by atoms with Gasteiger partial charge in [-0.25, -0.2) is 19.2 Å². The monoisotopic (exact) mass is 472 g/mol. The lowest BCUT2D eigenvalue weighted by Crippen LogP contribution is -1.95. The summed E-state index contributed by atoms with van der Waals surface area (Å²) in [6.45, 7) is 13.3. The summed E-state index contributed by atoms with van der Waals surface area (Å²) in [5.41, 5.74) is 1.33. The predicted molar refractivity (Wildman–Crippen MR) is 128 cm³/mol. The molecule has 0 radical (unpaired) electrons. The van der Waals surface area contributed by atoms with Crippen molar-refractivity contribution in [1.82, 2.24) is 0 Å². The summed E-state index contributed by atoms with van der Waals surface area (Å²) < 4.78 is 0. The molecule has 0 spiro atoms. The van der Waals surface area contributed by atoms with Gasteiger partial charge in [-0.15, -0.1) is 0 Å². The molecule has 0 fully saturated rings. The number of hydrogen-bond acceptors (Lipinski definition) is 5. The first-order chi connectivity index (χ1) is 15.2. The van der Waals surface area contributed by atoms with Gasteiger partial charge in [0.2, 0.25) is 0 Å². The first-order valence-electron chi connectivity index (χ1n) is 10.4. The van der Waals surface area contributed by atoms with E-state index in [-0.39, 0.29) is 17.8 Å². The third-order valence-corrected chi connectivity index (χ3v) is 3.48. The van der Waals surface area contributed by atoms with Crippen molar-refractivity contribution in [3.63, 3.8) is 0 Å². The fourth-order valence-corrected chi connectivity index (χ4v) is 1.37. The number of rotatable bonds is 10. The average molecular weight is 473 g/mol. The van der Waals surface area contributed by atoms with Gasteiger partial charge in [0.05, 0.1) is 0 Å². The molecule has 0 saturated heterocycles. The van der Waals surface area contributed by atoms with Crippen LogP contribution in [0.5, 0.6) is 0 Å². The maximum absolute atomic E-state index is 10.2. The summed E-state index contributed by atoms with van der Waals surface area (Å²) in [6.07, 6.45) is 9.22. The van der Waals surface area contributed by atoms with Crippen molar-refractivity contribution in [2.75, 3.05) is 6.61 Å². The van der Waals surface area contributed by atoms with E-state index < -0.39 is 23.9 Å². The highest BCUT2D eigenvalue weighted by Crippen LogP contribution is 2.00. The van der Waals surface area contributed by atoms with Gasteiger partial charge in [0.25, 0.3) is 0 Å². The van der Waals surface area contributed by atoms with Gasteiger partial charge in [-0.1, -0.05) is 51.5 Å². The Morgan fingerprint density at radius 1 is 0.667 bits per heavy atom. The van der Waals surface area contributed by atoms with Gasteiger partial charge in [0, 0.05) is 28.9 Å². The van der Waals surface area contributed by atoms with Crippen molar-refractivity contribution in [2.45, 2.75) is 73.6 Å². The summed E-state index contributed by atoms with van der Waals surface area (Å²) in [5, 5.41) is 41.1. The Morgan fingerprint density at radius 3 is 1.21 bits per heavy atom. The van der Waals surface area contributed by atoms with Crippen molar-refractivity contribution < 1.29 is 44.7 Å². The maximum atomic E-state index is 10.2. The largest absolute Gasteiger partial charge is 0.478 e. The zero-order valence-corrected chi connectivity index (χ0v) is 20.6. The second kappa shape index (κ2) is 25.1. The molecule has 0 saturated carbocycles. The van der Waals surface area contributed by atoms with E-state index in [9.17, 15) is 19.2 Å². The van der Waals surface area contributed by atoms with E-state index in [2.05, 4.69) is 13.5 Å². The Morgan fingerprint density at radius 2 is 1.00 bits per heavy atom. The average Bonchev–Trinajstić information content (AvgIpc) is 2.73. The fourth-order valence-electron chi connectivity index (χ4n) is 1.37. The standard InChI is InChI=1S/C8H14O2.C6H10O3.C6H10O2.C4H6O2/c1-3-4-5-6-7(2)8(9)10;1-5(6(8)9)3-2-4-7;1-3-4-5(2)6(7)8;1-3(2)4(5)6/h6H,3-5H2,1-2H3,(H,9,10);3,7H,2,4H2,1H3,(H,8,9);4H,3H2,1-2H3,(H,7,8);1H2,2H3,(H,5,6). The van der Waals surface area contributed by atoms with Gasteiger partial charge in [-0.2, -0.15) is 0 Å². The van der Waals surface area contributed by atoms with Gasteiger partial charge < -0.3 is 25.5 Å². The van der Waals surface area contributed by atoms with Crippen LogP contribution < -0.4 is 0 Å². The van der Waals surface area contributed by atoms with Crippen molar-refractivity contribution >= 4 is 23.9 Å². The van der Waals surface area contributed by atoms with Crippen LogP contribution >= 0.6 is 0 Å². The van der Waals surface area contributed by atoms with E-state index in [0.717, 1.165) is 25.7 Å². The molecule has 0 rings (SSSR count). The number of unbranched alkanes of at least 4 members (excludes halogenated alkanes) is 2. The molecular weight excluding hydrogens is 432 g/mol. The normalized spacial score (nSPS) is 10.8. The molecule has 0 aliphatic rings. The number of hydrogen-bond donors (Lipinski definition) is 5. The van der Waals surface area contributed by atoms with E-state index in [1.165, 1.54) is 19.9 Å². The van der Waals surface area contributed by atoms with Crippen molar-refractivity contribution in [3.05, 3.63) is 47.1 Å². The Balaban J connectivity index is -0.000000173. The molecule has 0 aromatic carbocycles. The molecule has 5 N–H and O–H groups in total. The summed E-state index contributed by atoms with van der Waals surface area (Å²) in [7, 11) is 0. The SMILES string of the molecule is C=C(C)C(=O)O.CC(=CCCO)C(=O)O.CCC=C(C)C(=O)O.CCCCC=C(C)C(=O)O. The highest BCUT2D eigenvalue weighted by molar-refractivity contribution is 5.86. The topological polar surface area (TPSA) is 169 Å². The van der Waals surface area contributed by atoms with Gasteiger partial charge >= 0.3 is 23.9 Å². The third kappa shape index (κ3) is 33.6. The Kier molecular flexibility index (Phi) is 28.2. The number of allylic oxidation sites excluding steroid dienone is 2. The molecule has 0 unspecified atom stereocenters. The Labute approximate surface area is 196 Å². The van der Waals surface area contributed by atoms with E-state index in [4.69, 9.17) is 25.5 Å². The molecule has 9 heteroatoms. The second-order valence-electron chi connectivity index (χ2n) is 6.73.